The first-order chi connectivity index (χ1) is 13.4. The van der Waals surface area contributed by atoms with Gasteiger partial charge in [-0.15, -0.1) is 0 Å². The van der Waals surface area contributed by atoms with Gasteiger partial charge in [0.1, 0.15) is 0 Å². The number of amides is 2. The van der Waals surface area contributed by atoms with E-state index in [1.54, 1.807) is 24.3 Å². The zero-order chi connectivity index (χ0) is 20.5. The first-order valence-electron chi connectivity index (χ1n) is 9.27. The third-order valence-electron chi connectivity index (χ3n) is 4.25. The van der Waals surface area contributed by atoms with Crippen LogP contribution in [-0.2, 0) is 32.0 Å². The van der Waals surface area contributed by atoms with Crippen LogP contribution in [0.25, 0.3) is 0 Å². The smallest absolute Gasteiger partial charge is 0.310 e. The Morgan fingerprint density at radius 2 is 1.57 bits per heavy atom. The van der Waals surface area contributed by atoms with Gasteiger partial charge >= 0.3 is 5.97 Å². The van der Waals surface area contributed by atoms with Crippen LogP contribution >= 0.6 is 0 Å². The van der Waals surface area contributed by atoms with Crippen molar-refractivity contribution < 1.29 is 19.1 Å². The molecule has 0 spiro atoms. The van der Waals surface area contributed by atoms with Gasteiger partial charge in [0.2, 0.25) is 5.91 Å². The van der Waals surface area contributed by atoms with Gasteiger partial charge in [0.15, 0.2) is 6.61 Å². The molecular weight excluding hydrogens is 356 g/mol. The first-order valence-corrected chi connectivity index (χ1v) is 9.27. The summed E-state index contributed by atoms with van der Waals surface area (Å²) in [5, 5.41) is 5.48. The topological polar surface area (TPSA) is 84.5 Å². The van der Waals surface area contributed by atoms with E-state index in [0.717, 1.165) is 17.5 Å². The molecule has 0 saturated carbocycles. The van der Waals surface area contributed by atoms with Gasteiger partial charge in [-0.3, -0.25) is 14.4 Å². The van der Waals surface area contributed by atoms with E-state index in [2.05, 4.69) is 17.6 Å². The molecule has 6 heteroatoms. The van der Waals surface area contributed by atoms with E-state index in [9.17, 15) is 14.4 Å². The van der Waals surface area contributed by atoms with Crippen molar-refractivity contribution in [1.82, 2.24) is 5.32 Å². The summed E-state index contributed by atoms with van der Waals surface area (Å²) < 4.78 is 5.06. The van der Waals surface area contributed by atoms with Gasteiger partial charge in [-0.2, -0.15) is 0 Å². The van der Waals surface area contributed by atoms with E-state index in [4.69, 9.17) is 4.74 Å². The molecule has 0 aliphatic carbocycles. The van der Waals surface area contributed by atoms with Crippen molar-refractivity contribution in [3.63, 3.8) is 0 Å². The number of hydrogen-bond acceptors (Lipinski definition) is 4. The van der Waals surface area contributed by atoms with Gasteiger partial charge in [0.05, 0.1) is 12.5 Å². The van der Waals surface area contributed by atoms with E-state index in [1.165, 1.54) is 12.5 Å². The van der Waals surface area contributed by atoms with Crippen molar-refractivity contribution in [2.45, 2.75) is 39.7 Å². The number of hydrogen-bond donors (Lipinski definition) is 2. The molecule has 0 bridgehead atoms. The average molecular weight is 382 g/mol. The standard InChI is InChI=1S/C22H26N2O4/c1-4-17-5-9-19(10-6-17)15(2)23-21(26)14-28-22(27)13-18-7-11-20(12-8-18)24-16(3)25/h5-12,15H,4,13-14H2,1-3H3,(H,23,26)(H,24,25)/t15-/m1/s1. The fourth-order valence-corrected chi connectivity index (χ4v) is 2.68. The molecule has 0 saturated heterocycles. The third kappa shape index (κ3) is 6.87. The van der Waals surface area contributed by atoms with Crippen molar-refractivity contribution >= 4 is 23.5 Å². The highest BCUT2D eigenvalue weighted by molar-refractivity contribution is 5.88. The maximum absolute atomic E-state index is 12.0. The molecule has 0 radical (unpaired) electrons. The monoisotopic (exact) mass is 382 g/mol. The van der Waals surface area contributed by atoms with Crippen molar-refractivity contribution in [2.24, 2.45) is 0 Å². The second-order valence-electron chi connectivity index (χ2n) is 6.60. The number of rotatable bonds is 8. The zero-order valence-corrected chi connectivity index (χ0v) is 16.5. The molecule has 148 valence electrons. The fourth-order valence-electron chi connectivity index (χ4n) is 2.68. The maximum atomic E-state index is 12.0. The van der Waals surface area contributed by atoms with Crippen LogP contribution < -0.4 is 10.6 Å². The van der Waals surface area contributed by atoms with Gasteiger partial charge in [0, 0.05) is 12.6 Å². The van der Waals surface area contributed by atoms with Gasteiger partial charge in [-0.25, -0.2) is 0 Å². The summed E-state index contributed by atoms with van der Waals surface area (Å²) in [5.74, 6) is -0.988. The number of anilines is 1. The predicted octanol–water partition coefficient (Wildman–Crippen LogP) is 3.17. The Balaban J connectivity index is 1.76. The quantitative estimate of drug-likeness (QED) is 0.687. The molecule has 0 fully saturated rings. The highest BCUT2D eigenvalue weighted by atomic mass is 16.5. The normalized spacial score (nSPS) is 11.4. The lowest BCUT2D eigenvalue weighted by Gasteiger charge is -2.15. The predicted molar refractivity (Wildman–Crippen MR) is 108 cm³/mol. The third-order valence-corrected chi connectivity index (χ3v) is 4.25. The minimum Gasteiger partial charge on any atom is -0.455 e. The Labute approximate surface area is 165 Å². The molecule has 28 heavy (non-hydrogen) atoms. The summed E-state index contributed by atoms with van der Waals surface area (Å²) in [7, 11) is 0. The molecule has 0 unspecified atom stereocenters. The second-order valence-corrected chi connectivity index (χ2v) is 6.60. The van der Waals surface area contributed by atoms with Crippen LogP contribution in [0.4, 0.5) is 5.69 Å². The SMILES string of the molecule is CCc1ccc([C@@H](C)NC(=O)COC(=O)Cc2ccc(NC(C)=O)cc2)cc1. The Bertz CT molecular complexity index is 813. The van der Waals surface area contributed by atoms with Crippen LogP contribution in [-0.4, -0.2) is 24.4 Å². The number of benzene rings is 2. The van der Waals surface area contributed by atoms with E-state index in [0.29, 0.717) is 5.69 Å². The molecule has 2 aromatic carbocycles. The van der Waals surface area contributed by atoms with E-state index in [-0.39, 0.29) is 30.9 Å². The average Bonchev–Trinajstić information content (AvgIpc) is 2.67. The lowest BCUT2D eigenvalue weighted by molar-refractivity contribution is -0.148. The summed E-state index contributed by atoms with van der Waals surface area (Å²) in [6.45, 7) is 5.08. The van der Waals surface area contributed by atoms with Gasteiger partial charge in [-0.1, -0.05) is 43.3 Å². The summed E-state index contributed by atoms with van der Waals surface area (Å²) in [6.07, 6.45) is 1.02. The number of ether oxygens (including phenoxy) is 1. The Morgan fingerprint density at radius 1 is 0.964 bits per heavy atom. The number of nitrogens with one attached hydrogen (secondary N) is 2. The first kappa shape index (κ1) is 21.2. The van der Waals surface area contributed by atoms with Gasteiger partial charge in [-0.05, 0) is 42.2 Å². The molecule has 2 aromatic rings. The molecule has 0 heterocycles. The number of aryl methyl sites for hydroxylation is 1. The summed E-state index contributed by atoms with van der Waals surface area (Å²) in [5.41, 5.74) is 3.63. The van der Waals surface area contributed by atoms with Crippen molar-refractivity contribution in [2.75, 3.05) is 11.9 Å². The molecule has 6 nitrogen and oxygen atoms in total. The Kier molecular flexibility index (Phi) is 7.75. The summed E-state index contributed by atoms with van der Waals surface area (Å²) in [6, 6.07) is 14.8. The van der Waals surface area contributed by atoms with Crippen LogP contribution in [0.1, 0.15) is 43.5 Å². The van der Waals surface area contributed by atoms with Crippen molar-refractivity contribution in [1.29, 1.82) is 0 Å². The van der Waals surface area contributed by atoms with Crippen LogP contribution in [0.2, 0.25) is 0 Å². The minimum atomic E-state index is -0.484. The number of carbonyl (C=O) groups is 3. The van der Waals surface area contributed by atoms with E-state index < -0.39 is 5.97 Å². The number of carbonyl (C=O) groups excluding carboxylic acids is 3. The minimum absolute atomic E-state index is 0.0572. The molecule has 1 atom stereocenters. The second kappa shape index (κ2) is 10.3. The molecule has 2 amide bonds. The molecular formula is C22H26N2O4. The van der Waals surface area contributed by atoms with Crippen LogP contribution in [0.3, 0.4) is 0 Å². The summed E-state index contributed by atoms with van der Waals surface area (Å²) >= 11 is 0. The van der Waals surface area contributed by atoms with Gasteiger partial charge < -0.3 is 15.4 Å². The van der Waals surface area contributed by atoms with E-state index >= 15 is 0 Å². The largest absolute Gasteiger partial charge is 0.455 e. The van der Waals surface area contributed by atoms with Crippen molar-refractivity contribution in [3.05, 3.63) is 65.2 Å². The Hall–Kier alpha value is -3.15. The summed E-state index contributed by atoms with van der Waals surface area (Å²) in [4.78, 5) is 35.0. The highest BCUT2D eigenvalue weighted by Gasteiger charge is 2.12. The highest BCUT2D eigenvalue weighted by Crippen LogP contribution is 2.14. The lowest BCUT2D eigenvalue weighted by atomic mass is 10.1. The molecule has 0 aliphatic rings. The van der Waals surface area contributed by atoms with E-state index in [1.807, 2.05) is 31.2 Å². The van der Waals surface area contributed by atoms with Crippen LogP contribution in [0.15, 0.2) is 48.5 Å². The zero-order valence-electron chi connectivity index (χ0n) is 16.5. The van der Waals surface area contributed by atoms with Crippen molar-refractivity contribution in [3.8, 4) is 0 Å². The molecule has 0 aromatic heterocycles. The maximum Gasteiger partial charge on any atom is 0.310 e. The van der Waals surface area contributed by atoms with Crippen LogP contribution in [0, 0.1) is 0 Å². The van der Waals surface area contributed by atoms with Gasteiger partial charge in [0.25, 0.3) is 5.91 Å². The molecule has 0 aliphatic heterocycles. The Morgan fingerprint density at radius 3 is 2.14 bits per heavy atom. The molecule has 2 N–H and O–H groups in total. The fraction of sp³-hybridized carbons (Fsp3) is 0.318. The lowest BCUT2D eigenvalue weighted by Crippen LogP contribution is -2.31. The number of esters is 1. The van der Waals surface area contributed by atoms with Crippen LogP contribution in [0.5, 0.6) is 0 Å². The molecule has 2 rings (SSSR count).